The lowest BCUT2D eigenvalue weighted by molar-refractivity contribution is 0.551. The van der Waals surface area contributed by atoms with Gasteiger partial charge in [-0.15, -0.1) is 11.3 Å². The van der Waals surface area contributed by atoms with Gasteiger partial charge in [0.15, 0.2) is 0 Å². The van der Waals surface area contributed by atoms with Crippen LogP contribution in [0.25, 0.3) is 0 Å². The van der Waals surface area contributed by atoms with Crippen LogP contribution < -0.4 is 10.6 Å². The van der Waals surface area contributed by atoms with Crippen LogP contribution in [0.4, 0.5) is 0 Å². The fourth-order valence-corrected chi connectivity index (χ4v) is 3.17. The first-order valence-electron chi connectivity index (χ1n) is 5.01. The molecule has 0 bridgehead atoms. The Kier molecular flexibility index (Phi) is 3.99. The Bertz CT molecular complexity index is 281. The average Bonchev–Trinajstić information content (AvgIpc) is 2.77. The summed E-state index contributed by atoms with van der Waals surface area (Å²) in [6, 6.07) is 2.90. The molecule has 2 N–H and O–H groups in total. The second-order valence-corrected chi connectivity index (χ2v) is 5.54. The summed E-state index contributed by atoms with van der Waals surface area (Å²) in [5.74, 6) is 0. The van der Waals surface area contributed by atoms with Crippen LogP contribution in [0.5, 0.6) is 0 Å². The van der Waals surface area contributed by atoms with Crippen molar-refractivity contribution in [3.8, 4) is 0 Å². The van der Waals surface area contributed by atoms with Crippen LogP contribution in [0, 0.1) is 0 Å². The number of nitrogens with one attached hydrogen (secondary N) is 2. The molecule has 1 saturated heterocycles. The Balaban J connectivity index is 1.67. The molecule has 0 aliphatic carbocycles. The zero-order valence-electron chi connectivity index (χ0n) is 8.05. The van der Waals surface area contributed by atoms with Gasteiger partial charge in [-0.05, 0) is 41.4 Å². The molecule has 0 amide bonds. The molecule has 1 aliphatic heterocycles. The highest BCUT2D eigenvalue weighted by Gasteiger charge is 2.12. The second kappa shape index (κ2) is 5.26. The zero-order chi connectivity index (χ0) is 9.80. The van der Waals surface area contributed by atoms with Gasteiger partial charge in [0.2, 0.25) is 0 Å². The standard InChI is InChI=1S/C10H15BrN2S/c11-8-5-10(14-7-8)2-4-13-9-1-3-12-6-9/h5,7,9,12-13H,1-4,6H2. The van der Waals surface area contributed by atoms with Crippen LogP contribution in [-0.2, 0) is 6.42 Å². The summed E-state index contributed by atoms with van der Waals surface area (Å²) in [6.07, 6.45) is 2.42. The molecule has 2 rings (SSSR count). The molecule has 0 radical (unpaired) electrons. The zero-order valence-corrected chi connectivity index (χ0v) is 10.5. The van der Waals surface area contributed by atoms with E-state index in [9.17, 15) is 0 Å². The molecule has 1 aromatic rings. The first kappa shape index (κ1) is 10.6. The number of hydrogen-bond acceptors (Lipinski definition) is 3. The van der Waals surface area contributed by atoms with Crippen LogP contribution in [0.2, 0.25) is 0 Å². The van der Waals surface area contributed by atoms with Crippen molar-refractivity contribution < 1.29 is 0 Å². The fourth-order valence-electron chi connectivity index (χ4n) is 1.71. The second-order valence-electron chi connectivity index (χ2n) is 3.63. The van der Waals surface area contributed by atoms with Crippen LogP contribution in [0.15, 0.2) is 15.9 Å². The SMILES string of the molecule is Brc1csc(CCNC2CCNC2)c1. The summed E-state index contributed by atoms with van der Waals surface area (Å²) in [4.78, 5) is 1.45. The number of halogens is 1. The Morgan fingerprint density at radius 3 is 3.21 bits per heavy atom. The molecular weight excluding hydrogens is 260 g/mol. The van der Waals surface area contributed by atoms with Crippen molar-refractivity contribution in [1.82, 2.24) is 10.6 Å². The van der Waals surface area contributed by atoms with E-state index >= 15 is 0 Å². The molecule has 1 atom stereocenters. The van der Waals surface area contributed by atoms with Gasteiger partial charge in [0.1, 0.15) is 0 Å². The average molecular weight is 275 g/mol. The van der Waals surface area contributed by atoms with E-state index in [0.29, 0.717) is 6.04 Å². The van der Waals surface area contributed by atoms with E-state index < -0.39 is 0 Å². The summed E-state index contributed by atoms with van der Waals surface area (Å²) in [5, 5.41) is 9.07. The quantitative estimate of drug-likeness (QED) is 0.878. The summed E-state index contributed by atoms with van der Waals surface area (Å²) in [6.45, 7) is 3.40. The van der Waals surface area contributed by atoms with Gasteiger partial charge in [-0.1, -0.05) is 0 Å². The third-order valence-corrected chi connectivity index (χ3v) is 4.24. The van der Waals surface area contributed by atoms with Crippen molar-refractivity contribution in [2.24, 2.45) is 0 Å². The molecule has 0 saturated carbocycles. The molecule has 4 heteroatoms. The molecule has 2 heterocycles. The van der Waals surface area contributed by atoms with Crippen LogP contribution in [0.3, 0.4) is 0 Å². The molecule has 1 aliphatic rings. The molecule has 1 aromatic heterocycles. The Hall–Kier alpha value is 0.1000. The van der Waals surface area contributed by atoms with E-state index in [1.807, 2.05) is 11.3 Å². The Morgan fingerprint density at radius 2 is 2.57 bits per heavy atom. The van der Waals surface area contributed by atoms with Gasteiger partial charge in [-0.3, -0.25) is 0 Å². The first-order chi connectivity index (χ1) is 6.84. The van der Waals surface area contributed by atoms with Gasteiger partial charge in [0.05, 0.1) is 0 Å². The first-order valence-corrected chi connectivity index (χ1v) is 6.69. The molecule has 0 aromatic carbocycles. The molecule has 1 fully saturated rings. The minimum atomic E-state index is 0.693. The smallest absolute Gasteiger partial charge is 0.0285 e. The largest absolute Gasteiger partial charge is 0.315 e. The van der Waals surface area contributed by atoms with Gasteiger partial charge in [-0.2, -0.15) is 0 Å². The highest BCUT2D eigenvalue weighted by atomic mass is 79.9. The van der Waals surface area contributed by atoms with Crippen molar-refractivity contribution >= 4 is 27.3 Å². The minimum Gasteiger partial charge on any atom is -0.315 e. The summed E-state index contributed by atoms with van der Waals surface area (Å²) in [5.41, 5.74) is 0. The third-order valence-electron chi connectivity index (χ3n) is 2.49. The van der Waals surface area contributed by atoms with E-state index in [-0.39, 0.29) is 0 Å². The van der Waals surface area contributed by atoms with Gasteiger partial charge in [0.25, 0.3) is 0 Å². The van der Waals surface area contributed by atoms with E-state index in [1.54, 1.807) is 0 Å². The Morgan fingerprint density at radius 1 is 1.64 bits per heavy atom. The summed E-state index contributed by atoms with van der Waals surface area (Å²) in [7, 11) is 0. The predicted molar refractivity (Wildman–Crippen MR) is 65.0 cm³/mol. The molecule has 0 spiro atoms. The summed E-state index contributed by atoms with van der Waals surface area (Å²) >= 11 is 5.30. The number of rotatable bonds is 4. The van der Waals surface area contributed by atoms with Crippen LogP contribution in [0.1, 0.15) is 11.3 Å². The van der Waals surface area contributed by atoms with Crippen molar-refractivity contribution in [3.63, 3.8) is 0 Å². The summed E-state index contributed by atoms with van der Waals surface area (Å²) < 4.78 is 1.21. The molecule has 1 unspecified atom stereocenters. The number of hydrogen-bond donors (Lipinski definition) is 2. The van der Waals surface area contributed by atoms with Crippen LogP contribution >= 0.6 is 27.3 Å². The molecular formula is C10H15BrN2S. The molecule has 14 heavy (non-hydrogen) atoms. The fraction of sp³-hybridized carbons (Fsp3) is 0.600. The number of thiophene rings is 1. The third kappa shape index (κ3) is 3.05. The van der Waals surface area contributed by atoms with Gasteiger partial charge in [0, 0.05) is 33.9 Å². The Labute approximate surface area is 97.2 Å². The maximum Gasteiger partial charge on any atom is 0.0285 e. The van der Waals surface area contributed by atoms with E-state index in [4.69, 9.17) is 0 Å². The van der Waals surface area contributed by atoms with Crippen molar-refractivity contribution in [2.75, 3.05) is 19.6 Å². The van der Waals surface area contributed by atoms with Gasteiger partial charge < -0.3 is 10.6 Å². The predicted octanol–water partition coefficient (Wildman–Crippen LogP) is 2.00. The lowest BCUT2D eigenvalue weighted by Gasteiger charge is -2.09. The topological polar surface area (TPSA) is 24.1 Å². The maximum absolute atomic E-state index is 3.57. The lowest BCUT2D eigenvalue weighted by Crippen LogP contribution is -2.32. The van der Waals surface area contributed by atoms with Crippen LogP contribution in [-0.4, -0.2) is 25.7 Å². The lowest BCUT2D eigenvalue weighted by atomic mass is 10.2. The molecule has 78 valence electrons. The van der Waals surface area contributed by atoms with Crippen molar-refractivity contribution in [1.29, 1.82) is 0 Å². The van der Waals surface area contributed by atoms with E-state index in [2.05, 4.69) is 38.0 Å². The van der Waals surface area contributed by atoms with Crippen molar-refractivity contribution in [2.45, 2.75) is 18.9 Å². The normalized spacial score (nSPS) is 21.6. The van der Waals surface area contributed by atoms with E-state index in [0.717, 1.165) is 19.5 Å². The highest BCUT2D eigenvalue weighted by molar-refractivity contribution is 9.10. The maximum atomic E-state index is 3.57. The minimum absolute atomic E-state index is 0.693. The van der Waals surface area contributed by atoms with Gasteiger partial charge in [-0.25, -0.2) is 0 Å². The van der Waals surface area contributed by atoms with Crippen molar-refractivity contribution in [3.05, 3.63) is 20.8 Å². The van der Waals surface area contributed by atoms with Gasteiger partial charge >= 0.3 is 0 Å². The van der Waals surface area contributed by atoms with E-state index in [1.165, 1.54) is 22.3 Å². The monoisotopic (exact) mass is 274 g/mol. The molecule has 2 nitrogen and oxygen atoms in total. The highest BCUT2D eigenvalue weighted by Crippen LogP contribution is 2.19.